The van der Waals surface area contributed by atoms with Gasteiger partial charge < -0.3 is 9.47 Å². The molecule has 12 heteroatoms. The number of thiophene rings is 1. The number of non-ortho nitro benzene ring substituents is 1. The predicted molar refractivity (Wildman–Crippen MR) is 164 cm³/mol. The molecule has 9 nitrogen and oxygen atoms in total. The number of ether oxygens (including phenoxy) is 2. The van der Waals surface area contributed by atoms with Crippen LogP contribution in [0.25, 0.3) is 10.4 Å². The number of anilines is 1. The van der Waals surface area contributed by atoms with E-state index in [0.29, 0.717) is 22.5 Å². The van der Waals surface area contributed by atoms with Crippen LogP contribution in [0.1, 0.15) is 40.9 Å². The number of rotatable bonds is 12. The van der Waals surface area contributed by atoms with Crippen LogP contribution in [0.3, 0.4) is 0 Å². The Balaban J connectivity index is 1.93. The number of amides is 1. The van der Waals surface area contributed by atoms with E-state index in [1.165, 1.54) is 18.2 Å². The zero-order valence-corrected chi connectivity index (χ0v) is 25.2. The van der Waals surface area contributed by atoms with Gasteiger partial charge in [-0.1, -0.05) is 36.4 Å². The van der Waals surface area contributed by atoms with Gasteiger partial charge in [0.05, 0.1) is 30.2 Å². The van der Waals surface area contributed by atoms with Crippen molar-refractivity contribution in [3.8, 4) is 10.4 Å². The van der Waals surface area contributed by atoms with Crippen LogP contribution in [0.15, 0.2) is 72.8 Å². The molecule has 4 aromatic rings. The lowest BCUT2D eigenvalue weighted by atomic mass is 10.0. The Morgan fingerprint density at radius 1 is 0.841 bits per heavy atom. The predicted octanol–water partition coefficient (Wildman–Crippen LogP) is 7.57. The number of carbonyl (C=O) groups is 2. The first-order valence-corrected chi connectivity index (χ1v) is 14.6. The molecule has 230 valence electrons. The van der Waals surface area contributed by atoms with Crippen LogP contribution in [0.5, 0.6) is 0 Å². The van der Waals surface area contributed by atoms with Gasteiger partial charge in [-0.25, -0.2) is 18.4 Å². The summed E-state index contributed by atoms with van der Waals surface area (Å²) in [5.41, 5.74) is 1.57. The lowest BCUT2D eigenvalue weighted by Crippen LogP contribution is -2.32. The Morgan fingerprint density at radius 3 is 2.07 bits per heavy atom. The molecule has 0 spiro atoms. The van der Waals surface area contributed by atoms with Gasteiger partial charge in [0.1, 0.15) is 16.6 Å². The van der Waals surface area contributed by atoms with Gasteiger partial charge in [-0.15, -0.1) is 11.3 Å². The summed E-state index contributed by atoms with van der Waals surface area (Å²) < 4.78 is 40.3. The van der Waals surface area contributed by atoms with E-state index >= 15 is 0 Å². The molecule has 0 atom stereocenters. The number of hydrogen-bond donors (Lipinski definition) is 0. The summed E-state index contributed by atoms with van der Waals surface area (Å²) in [5, 5.41) is 11.4. The molecular formula is C32H31F2N3O6S. The molecule has 0 radical (unpaired) electrons. The average Bonchev–Trinajstić information content (AvgIpc) is 3.36. The molecule has 0 N–H and O–H groups in total. The summed E-state index contributed by atoms with van der Waals surface area (Å²) >= 11 is 1.03. The first kappa shape index (κ1) is 32.2. The molecule has 0 saturated carbocycles. The van der Waals surface area contributed by atoms with Crippen LogP contribution in [-0.2, 0) is 29.1 Å². The third-order valence-electron chi connectivity index (χ3n) is 6.64. The fraction of sp³-hybridized carbons (Fsp3) is 0.250. The van der Waals surface area contributed by atoms with E-state index in [4.69, 9.17) is 9.47 Å². The van der Waals surface area contributed by atoms with Crippen molar-refractivity contribution in [2.75, 3.05) is 25.2 Å². The van der Waals surface area contributed by atoms with Gasteiger partial charge in [-0.2, -0.15) is 0 Å². The SMILES string of the molecule is CCOC(=O)c1c(N(Cc2c(F)cccc2F)C(=O)OCC)sc(-c2ccc([N+](=O)[O-])cc2)c1CN(C)Cc1ccccc1. The number of benzene rings is 3. The highest BCUT2D eigenvalue weighted by Gasteiger charge is 2.33. The summed E-state index contributed by atoms with van der Waals surface area (Å²) in [6.45, 7) is 3.38. The van der Waals surface area contributed by atoms with Crippen molar-refractivity contribution in [1.82, 2.24) is 4.90 Å². The summed E-state index contributed by atoms with van der Waals surface area (Å²) in [6, 6.07) is 18.8. The summed E-state index contributed by atoms with van der Waals surface area (Å²) in [5.74, 6) is -2.47. The van der Waals surface area contributed by atoms with Crippen LogP contribution >= 0.6 is 11.3 Å². The largest absolute Gasteiger partial charge is 0.462 e. The maximum Gasteiger partial charge on any atom is 0.415 e. The van der Waals surface area contributed by atoms with Crippen LogP contribution in [0.2, 0.25) is 0 Å². The van der Waals surface area contributed by atoms with Gasteiger partial charge >= 0.3 is 12.1 Å². The highest BCUT2D eigenvalue weighted by Crippen LogP contribution is 2.44. The van der Waals surface area contributed by atoms with Crippen LogP contribution in [0.4, 0.5) is 24.3 Å². The fourth-order valence-corrected chi connectivity index (χ4v) is 5.95. The fourth-order valence-electron chi connectivity index (χ4n) is 4.66. The van der Waals surface area contributed by atoms with Crippen molar-refractivity contribution in [3.63, 3.8) is 0 Å². The molecule has 0 saturated heterocycles. The summed E-state index contributed by atoms with van der Waals surface area (Å²) in [7, 11) is 1.86. The second-order valence-corrected chi connectivity index (χ2v) is 10.8. The van der Waals surface area contributed by atoms with E-state index < -0.39 is 35.2 Å². The molecule has 1 heterocycles. The zero-order valence-electron chi connectivity index (χ0n) is 24.4. The van der Waals surface area contributed by atoms with Crippen molar-refractivity contribution in [1.29, 1.82) is 0 Å². The number of nitro groups is 1. The van der Waals surface area contributed by atoms with E-state index in [0.717, 1.165) is 33.9 Å². The molecule has 4 rings (SSSR count). The number of nitrogens with zero attached hydrogens (tertiary/aromatic N) is 3. The molecule has 0 unspecified atom stereocenters. The molecule has 0 aliphatic heterocycles. The second kappa shape index (κ2) is 14.7. The van der Waals surface area contributed by atoms with Crippen molar-refractivity contribution in [2.45, 2.75) is 33.5 Å². The number of esters is 1. The van der Waals surface area contributed by atoms with Gasteiger partial charge in [0.25, 0.3) is 5.69 Å². The Labute approximate surface area is 257 Å². The standard InChI is InChI=1S/C32H31F2N3O6S/c1-4-42-31(38)28-25(19-35(3)18-21-10-7-6-8-11-21)29(22-14-16-23(17-15-22)37(40)41)44-30(28)36(32(39)43-5-2)20-24-26(33)12-9-13-27(24)34/h6-17H,4-5,18-20H2,1-3H3. The van der Waals surface area contributed by atoms with Crippen molar-refractivity contribution >= 4 is 34.1 Å². The average molecular weight is 624 g/mol. The minimum absolute atomic E-state index is 0.0294. The molecule has 0 aliphatic rings. The van der Waals surface area contributed by atoms with Crippen molar-refractivity contribution < 1.29 is 32.8 Å². The van der Waals surface area contributed by atoms with E-state index in [2.05, 4.69) is 0 Å². The second-order valence-electron chi connectivity index (χ2n) is 9.76. The number of carbonyl (C=O) groups excluding carboxylic acids is 2. The zero-order chi connectivity index (χ0) is 31.8. The Morgan fingerprint density at radius 2 is 1.48 bits per heavy atom. The number of hydrogen-bond acceptors (Lipinski definition) is 8. The minimum atomic E-state index is -0.915. The van der Waals surface area contributed by atoms with E-state index in [1.807, 2.05) is 42.3 Å². The first-order valence-electron chi connectivity index (χ1n) is 13.8. The Bertz CT molecular complexity index is 1610. The molecular weight excluding hydrogens is 592 g/mol. The summed E-state index contributed by atoms with van der Waals surface area (Å²) in [4.78, 5) is 41.3. The molecule has 0 aliphatic carbocycles. The quantitative estimate of drug-likeness (QED) is 0.0911. The number of nitro benzene ring substituents is 1. The Hall–Kier alpha value is -4.68. The third-order valence-corrected chi connectivity index (χ3v) is 7.95. The summed E-state index contributed by atoms with van der Waals surface area (Å²) in [6.07, 6.45) is -0.915. The molecule has 0 fully saturated rings. The van der Waals surface area contributed by atoms with E-state index in [1.54, 1.807) is 26.0 Å². The topological polar surface area (TPSA) is 102 Å². The minimum Gasteiger partial charge on any atom is -0.462 e. The molecule has 1 aromatic heterocycles. The monoisotopic (exact) mass is 623 g/mol. The Kier molecular flexibility index (Phi) is 10.7. The highest BCUT2D eigenvalue weighted by atomic mass is 32.1. The molecule has 3 aromatic carbocycles. The molecule has 0 bridgehead atoms. The van der Waals surface area contributed by atoms with Crippen LogP contribution < -0.4 is 4.90 Å². The maximum absolute atomic E-state index is 14.8. The van der Waals surface area contributed by atoms with Gasteiger partial charge in [-0.05, 0) is 56.3 Å². The highest BCUT2D eigenvalue weighted by molar-refractivity contribution is 7.20. The van der Waals surface area contributed by atoms with Crippen LogP contribution in [0, 0.1) is 21.7 Å². The van der Waals surface area contributed by atoms with Gasteiger partial charge in [0.15, 0.2) is 0 Å². The lowest BCUT2D eigenvalue weighted by molar-refractivity contribution is -0.384. The van der Waals surface area contributed by atoms with Crippen molar-refractivity contribution in [3.05, 3.63) is 117 Å². The lowest BCUT2D eigenvalue weighted by Gasteiger charge is -2.23. The smallest absolute Gasteiger partial charge is 0.415 e. The number of halogens is 2. The van der Waals surface area contributed by atoms with Gasteiger partial charge in [0, 0.05) is 41.2 Å². The van der Waals surface area contributed by atoms with Crippen LogP contribution in [-0.4, -0.2) is 42.1 Å². The maximum atomic E-state index is 14.8. The first-order chi connectivity index (χ1) is 21.1. The van der Waals surface area contributed by atoms with Gasteiger partial charge in [0.2, 0.25) is 0 Å². The third kappa shape index (κ3) is 7.44. The van der Waals surface area contributed by atoms with Gasteiger partial charge in [-0.3, -0.25) is 19.9 Å². The molecule has 1 amide bonds. The van der Waals surface area contributed by atoms with E-state index in [-0.39, 0.29) is 41.6 Å². The molecule has 44 heavy (non-hydrogen) atoms. The van der Waals surface area contributed by atoms with Crippen molar-refractivity contribution in [2.24, 2.45) is 0 Å². The normalized spacial score (nSPS) is 11.0. The van der Waals surface area contributed by atoms with E-state index in [9.17, 15) is 28.5 Å².